The monoisotopic (exact) mass is 265 g/mol. The minimum Gasteiger partial charge on any atom is -0.466 e. The molecule has 2 rings (SSSR count). The third-order valence-corrected chi connectivity index (χ3v) is 3.30. The standard InChI is InChI=1S/C12H15N3O2S/c1-2-17-11(16)5-6-14-12-15-9-4-3-8(13)7-10(9)18-12/h3-4,7H,2,5-6,13H2,1H3,(H,14,15). The molecule has 1 aromatic heterocycles. The van der Waals surface area contributed by atoms with E-state index in [0.717, 1.165) is 21.0 Å². The second kappa shape index (κ2) is 5.68. The number of aromatic nitrogens is 1. The van der Waals surface area contributed by atoms with Crippen LogP contribution in [0.15, 0.2) is 18.2 Å². The first-order chi connectivity index (χ1) is 8.69. The molecule has 0 radical (unpaired) electrons. The lowest BCUT2D eigenvalue weighted by atomic mass is 10.3. The topological polar surface area (TPSA) is 77.2 Å². The first kappa shape index (κ1) is 12.6. The first-order valence-corrected chi connectivity index (χ1v) is 6.56. The number of esters is 1. The number of rotatable bonds is 5. The molecule has 1 aromatic carbocycles. The zero-order chi connectivity index (χ0) is 13.0. The highest BCUT2D eigenvalue weighted by Crippen LogP contribution is 2.27. The number of ether oxygens (including phenoxy) is 1. The highest BCUT2D eigenvalue weighted by molar-refractivity contribution is 7.22. The van der Waals surface area contributed by atoms with E-state index in [1.165, 1.54) is 11.3 Å². The average Bonchev–Trinajstić information content (AvgIpc) is 2.71. The van der Waals surface area contributed by atoms with Gasteiger partial charge in [-0.25, -0.2) is 4.98 Å². The van der Waals surface area contributed by atoms with E-state index in [-0.39, 0.29) is 5.97 Å². The van der Waals surface area contributed by atoms with Gasteiger partial charge in [0.25, 0.3) is 0 Å². The molecule has 1 heterocycles. The van der Waals surface area contributed by atoms with Crippen molar-refractivity contribution >= 4 is 38.3 Å². The van der Waals surface area contributed by atoms with Gasteiger partial charge >= 0.3 is 5.97 Å². The first-order valence-electron chi connectivity index (χ1n) is 5.74. The van der Waals surface area contributed by atoms with Crippen molar-refractivity contribution in [3.05, 3.63) is 18.2 Å². The number of hydrogen-bond donors (Lipinski definition) is 2. The normalized spacial score (nSPS) is 10.5. The van der Waals surface area contributed by atoms with Gasteiger partial charge in [0.05, 0.1) is 23.2 Å². The van der Waals surface area contributed by atoms with Crippen LogP contribution in [-0.4, -0.2) is 24.1 Å². The van der Waals surface area contributed by atoms with Crippen LogP contribution in [0.4, 0.5) is 10.8 Å². The van der Waals surface area contributed by atoms with Gasteiger partial charge in [-0.15, -0.1) is 0 Å². The van der Waals surface area contributed by atoms with E-state index >= 15 is 0 Å². The minimum atomic E-state index is -0.199. The van der Waals surface area contributed by atoms with Gasteiger partial charge in [-0.1, -0.05) is 11.3 Å². The maximum atomic E-state index is 11.2. The molecular weight excluding hydrogens is 250 g/mol. The lowest BCUT2D eigenvalue weighted by Crippen LogP contribution is -2.11. The van der Waals surface area contributed by atoms with Crippen LogP contribution < -0.4 is 11.1 Å². The van der Waals surface area contributed by atoms with Crippen molar-refractivity contribution in [1.29, 1.82) is 0 Å². The van der Waals surface area contributed by atoms with E-state index in [0.29, 0.717) is 19.6 Å². The molecule has 0 aliphatic heterocycles. The molecule has 0 bridgehead atoms. The van der Waals surface area contributed by atoms with Crippen molar-refractivity contribution in [2.75, 3.05) is 24.2 Å². The molecule has 96 valence electrons. The summed E-state index contributed by atoms with van der Waals surface area (Å²) in [6, 6.07) is 5.60. The number of fused-ring (bicyclic) bond motifs is 1. The Labute approximate surface area is 109 Å². The van der Waals surface area contributed by atoms with Gasteiger partial charge in [0, 0.05) is 12.2 Å². The van der Waals surface area contributed by atoms with Crippen LogP contribution in [0.5, 0.6) is 0 Å². The number of nitrogens with two attached hydrogens (primary N) is 1. The number of nitrogens with one attached hydrogen (secondary N) is 1. The van der Waals surface area contributed by atoms with Crippen LogP contribution in [-0.2, 0) is 9.53 Å². The Morgan fingerprint density at radius 1 is 1.56 bits per heavy atom. The third-order valence-electron chi connectivity index (χ3n) is 2.32. The summed E-state index contributed by atoms with van der Waals surface area (Å²) in [7, 11) is 0. The summed E-state index contributed by atoms with van der Waals surface area (Å²) in [6.07, 6.45) is 0.339. The summed E-state index contributed by atoms with van der Waals surface area (Å²) >= 11 is 1.52. The molecule has 5 nitrogen and oxygen atoms in total. The van der Waals surface area contributed by atoms with Crippen molar-refractivity contribution in [2.45, 2.75) is 13.3 Å². The highest BCUT2D eigenvalue weighted by Gasteiger charge is 2.05. The second-order valence-corrected chi connectivity index (χ2v) is 4.76. The Morgan fingerprint density at radius 3 is 3.17 bits per heavy atom. The quantitative estimate of drug-likeness (QED) is 0.640. The molecule has 6 heteroatoms. The zero-order valence-electron chi connectivity index (χ0n) is 10.1. The molecule has 0 aliphatic rings. The van der Waals surface area contributed by atoms with Crippen LogP contribution in [0.3, 0.4) is 0 Å². The van der Waals surface area contributed by atoms with E-state index in [4.69, 9.17) is 10.5 Å². The van der Waals surface area contributed by atoms with Crippen molar-refractivity contribution < 1.29 is 9.53 Å². The van der Waals surface area contributed by atoms with Crippen LogP contribution >= 0.6 is 11.3 Å². The molecule has 18 heavy (non-hydrogen) atoms. The summed E-state index contributed by atoms with van der Waals surface area (Å²) in [4.78, 5) is 15.6. The average molecular weight is 265 g/mol. The fourth-order valence-electron chi connectivity index (χ4n) is 1.52. The lowest BCUT2D eigenvalue weighted by molar-refractivity contribution is -0.142. The van der Waals surface area contributed by atoms with Gasteiger partial charge in [-0.2, -0.15) is 0 Å². The molecule has 3 N–H and O–H groups in total. The Bertz CT molecular complexity index is 553. The molecule has 0 atom stereocenters. The van der Waals surface area contributed by atoms with Crippen molar-refractivity contribution in [2.24, 2.45) is 0 Å². The number of carbonyl (C=O) groups is 1. The summed E-state index contributed by atoms with van der Waals surface area (Å²) in [6.45, 7) is 2.73. The molecule has 0 fully saturated rings. The van der Waals surface area contributed by atoms with Crippen LogP contribution in [0, 0.1) is 0 Å². The Morgan fingerprint density at radius 2 is 2.39 bits per heavy atom. The number of carbonyl (C=O) groups excluding carboxylic acids is 1. The summed E-state index contributed by atoms with van der Waals surface area (Å²) in [5, 5.41) is 3.90. The molecule has 0 spiro atoms. The molecular formula is C12H15N3O2S. The Kier molecular flexibility index (Phi) is 3.99. The Balaban J connectivity index is 1.94. The highest BCUT2D eigenvalue weighted by atomic mass is 32.1. The summed E-state index contributed by atoms with van der Waals surface area (Å²) < 4.78 is 5.88. The SMILES string of the molecule is CCOC(=O)CCNc1nc2ccc(N)cc2s1. The molecule has 0 amide bonds. The molecule has 2 aromatic rings. The minimum absolute atomic E-state index is 0.199. The van der Waals surface area contributed by atoms with Crippen molar-refractivity contribution in [1.82, 2.24) is 4.98 Å². The number of thiazole rings is 1. The van der Waals surface area contributed by atoms with Crippen molar-refractivity contribution in [3.63, 3.8) is 0 Å². The predicted molar refractivity (Wildman–Crippen MR) is 73.8 cm³/mol. The van der Waals surface area contributed by atoms with Crippen LogP contribution in [0.25, 0.3) is 10.2 Å². The van der Waals surface area contributed by atoms with Crippen LogP contribution in [0.1, 0.15) is 13.3 Å². The summed E-state index contributed by atoms with van der Waals surface area (Å²) in [5.41, 5.74) is 7.34. The molecule has 0 saturated carbocycles. The van der Waals surface area contributed by atoms with E-state index in [2.05, 4.69) is 10.3 Å². The number of nitrogen functional groups attached to an aromatic ring is 1. The maximum Gasteiger partial charge on any atom is 0.307 e. The largest absolute Gasteiger partial charge is 0.466 e. The molecule has 0 saturated heterocycles. The zero-order valence-corrected chi connectivity index (χ0v) is 10.9. The number of anilines is 2. The van der Waals surface area contributed by atoms with E-state index in [1.54, 1.807) is 6.92 Å². The number of benzene rings is 1. The van der Waals surface area contributed by atoms with Crippen LogP contribution in [0.2, 0.25) is 0 Å². The van der Waals surface area contributed by atoms with Gasteiger partial charge in [-0.3, -0.25) is 4.79 Å². The summed E-state index contributed by atoms with van der Waals surface area (Å²) in [5.74, 6) is -0.199. The predicted octanol–water partition coefficient (Wildman–Crippen LogP) is 2.24. The van der Waals surface area contributed by atoms with Crippen molar-refractivity contribution in [3.8, 4) is 0 Å². The smallest absolute Gasteiger partial charge is 0.307 e. The van der Waals surface area contributed by atoms with Gasteiger partial charge in [0.15, 0.2) is 5.13 Å². The molecule has 0 aliphatic carbocycles. The van der Waals surface area contributed by atoms with E-state index in [1.807, 2.05) is 18.2 Å². The lowest BCUT2D eigenvalue weighted by Gasteiger charge is -2.02. The number of nitrogens with zero attached hydrogens (tertiary/aromatic N) is 1. The van der Waals surface area contributed by atoms with E-state index < -0.39 is 0 Å². The molecule has 0 unspecified atom stereocenters. The Hall–Kier alpha value is -1.82. The van der Waals surface area contributed by atoms with Gasteiger partial charge < -0.3 is 15.8 Å². The van der Waals surface area contributed by atoms with Gasteiger partial charge in [0.2, 0.25) is 0 Å². The number of hydrogen-bond acceptors (Lipinski definition) is 6. The maximum absolute atomic E-state index is 11.2. The fraction of sp³-hybridized carbons (Fsp3) is 0.333. The third kappa shape index (κ3) is 3.10. The fourth-order valence-corrected chi connectivity index (χ4v) is 2.46. The van der Waals surface area contributed by atoms with Gasteiger partial charge in [0.1, 0.15) is 0 Å². The second-order valence-electron chi connectivity index (χ2n) is 3.73. The van der Waals surface area contributed by atoms with E-state index in [9.17, 15) is 4.79 Å². The van der Waals surface area contributed by atoms with Gasteiger partial charge in [-0.05, 0) is 25.1 Å².